The summed E-state index contributed by atoms with van der Waals surface area (Å²) in [5, 5.41) is 6.01. The van der Waals surface area contributed by atoms with Crippen LogP contribution < -0.4 is 5.32 Å². The Balaban J connectivity index is 1.43. The quantitative estimate of drug-likeness (QED) is 0.682. The fourth-order valence-electron chi connectivity index (χ4n) is 3.45. The van der Waals surface area contributed by atoms with Gasteiger partial charge >= 0.3 is 0 Å². The van der Waals surface area contributed by atoms with E-state index < -0.39 is 0 Å². The summed E-state index contributed by atoms with van der Waals surface area (Å²) >= 11 is 7.53. The molecule has 0 spiro atoms. The van der Waals surface area contributed by atoms with Crippen molar-refractivity contribution in [3.05, 3.63) is 59.0 Å². The molecule has 1 saturated heterocycles. The van der Waals surface area contributed by atoms with Gasteiger partial charge in [-0.2, -0.15) is 0 Å². The Morgan fingerprint density at radius 2 is 2.29 bits per heavy atom. The van der Waals surface area contributed by atoms with Gasteiger partial charge in [0.15, 0.2) is 5.13 Å². The first-order valence-electron chi connectivity index (χ1n) is 9.17. The largest absolute Gasteiger partial charge is 0.301 e. The number of aromatic nitrogens is 3. The second kappa shape index (κ2) is 8.77. The third-order valence-corrected chi connectivity index (χ3v) is 5.67. The van der Waals surface area contributed by atoms with Crippen LogP contribution >= 0.6 is 22.9 Å². The minimum absolute atomic E-state index is 0.0330. The number of nitrogens with zero attached hydrogens (tertiary/aromatic N) is 4. The van der Waals surface area contributed by atoms with E-state index in [9.17, 15) is 4.79 Å². The van der Waals surface area contributed by atoms with Crippen molar-refractivity contribution in [1.29, 1.82) is 0 Å². The first-order valence-corrected chi connectivity index (χ1v) is 10.4. The predicted octanol–water partition coefficient (Wildman–Crippen LogP) is 4.07. The Bertz CT molecular complexity index is 949. The Hall–Kier alpha value is -2.35. The third kappa shape index (κ3) is 4.73. The van der Waals surface area contributed by atoms with E-state index in [4.69, 9.17) is 16.6 Å². The number of piperidine rings is 1. The lowest BCUT2D eigenvalue weighted by Gasteiger charge is -2.31. The van der Waals surface area contributed by atoms with Crippen LogP contribution in [-0.4, -0.2) is 45.4 Å². The lowest BCUT2D eigenvalue weighted by molar-refractivity contribution is -0.117. The first kappa shape index (κ1) is 19.0. The summed E-state index contributed by atoms with van der Waals surface area (Å²) in [5.41, 5.74) is 2.73. The lowest BCUT2D eigenvalue weighted by Crippen LogP contribution is -2.40. The van der Waals surface area contributed by atoms with Crippen molar-refractivity contribution in [2.75, 3.05) is 25.0 Å². The normalized spacial score (nSPS) is 17.4. The zero-order valence-corrected chi connectivity index (χ0v) is 16.8. The smallest absolute Gasteiger partial charge is 0.240 e. The molecule has 3 heterocycles. The van der Waals surface area contributed by atoms with Gasteiger partial charge in [0.25, 0.3) is 0 Å². The Morgan fingerprint density at radius 1 is 1.36 bits per heavy atom. The van der Waals surface area contributed by atoms with Crippen molar-refractivity contribution in [2.24, 2.45) is 0 Å². The molecule has 1 amide bonds. The van der Waals surface area contributed by atoms with Crippen molar-refractivity contribution in [3.8, 4) is 11.3 Å². The van der Waals surface area contributed by atoms with Crippen molar-refractivity contribution in [2.45, 2.75) is 18.8 Å². The molecule has 1 N–H and O–H groups in total. The zero-order chi connectivity index (χ0) is 19.3. The highest BCUT2D eigenvalue weighted by Gasteiger charge is 2.24. The summed E-state index contributed by atoms with van der Waals surface area (Å²) < 4.78 is 0. The number of rotatable bonds is 5. The summed E-state index contributed by atoms with van der Waals surface area (Å²) in [4.78, 5) is 27.8. The van der Waals surface area contributed by atoms with E-state index in [1.54, 1.807) is 12.4 Å². The van der Waals surface area contributed by atoms with Crippen LogP contribution in [0.2, 0.25) is 5.02 Å². The summed E-state index contributed by atoms with van der Waals surface area (Å²) in [5.74, 6) is 0.224. The van der Waals surface area contributed by atoms with E-state index in [0.29, 0.717) is 16.7 Å². The molecule has 1 atom stereocenters. The maximum Gasteiger partial charge on any atom is 0.240 e. The number of likely N-dealkylation sites (tertiary alicyclic amines) is 1. The van der Waals surface area contributed by atoms with Crippen molar-refractivity contribution in [3.63, 3.8) is 0 Å². The molecule has 144 valence electrons. The van der Waals surface area contributed by atoms with Gasteiger partial charge in [0.2, 0.25) is 5.91 Å². The molecule has 2 aromatic heterocycles. The third-order valence-electron chi connectivity index (χ3n) is 4.74. The minimum Gasteiger partial charge on any atom is -0.301 e. The monoisotopic (exact) mass is 413 g/mol. The molecule has 0 aliphatic carbocycles. The maximum atomic E-state index is 12.3. The second-order valence-corrected chi connectivity index (χ2v) is 8.13. The van der Waals surface area contributed by atoms with E-state index in [2.05, 4.69) is 20.2 Å². The number of hydrogen-bond acceptors (Lipinski definition) is 6. The van der Waals surface area contributed by atoms with Crippen molar-refractivity contribution >= 4 is 34.0 Å². The number of nitrogens with one attached hydrogen (secondary N) is 1. The number of halogens is 1. The SMILES string of the molecule is O=C(CN1CCC[C@H](c2cncc(-c3cccc(Cl)c3)n2)C1)Nc1nccs1. The van der Waals surface area contributed by atoms with Crippen LogP contribution in [0.4, 0.5) is 5.13 Å². The second-order valence-electron chi connectivity index (χ2n) is 6.80. The Kier molecular flexibility index (Phi) is 5.95. The summed E-state index contributed by atoms with van der Waals surface area (Å²) in [6.45, 7) is 2.06. The van der Waals surface area contributed by atoms with Crippen molar-refractivity contribution < 1.29 is 4.79 Å². The van der Waals surface area contributed by atoms with Crippen LogP contribution in [0.15, 0.2) is 48.2 Å². The molecule has 1 aliphatic rings. The molecule has 0 unspecified atom stereocenters. The van der Waals surface area contributed by atoms with Crippen LogP contribution in [-0.2, 0) is 4.79 Å². The van der Waals surface area contributed by atoms with Gasteiger partial charge in [-0.25, -0.2) is 9.97 Å². The summed E-state index contributed by atoms with van der Waals surface area (Å²) in [6.07, 6.45) is 7.34. The molecule has 1 aromatic carbocycles. The summed E-state index contributed by atoms with van der Waals surface area (Å²) in [6, 6.07) is 7.63. The standard InChI is InChI=1S/C20H20ClN5OS/c21-16-5-1-3-14(9-16)17-10-22-11-18(24-17)15-4-2-7-26(12-15)13-19(27)25-20-23-6-8-28-20/h1,3,5-6,8-11,15H,2,4,7,12-13H2,(H,23,25,27)/t15-/m0/s1. The van der Waals surface area contributed by atoms with Crippen LogP contribution in [0.1, 0.15) is 24.5 Å². The number of thiazole rings is 1. The van der Waals surface area contributed by atoms with Gasteiger partial charge in [-0.15, -0.1) is 11.3 Å². The van der Waals surface area contributed by atoms with Crippen LogP contribution in [0.25, 0.3) is 11.3 Å². The molecular formula is C20H20ClN5OS. The molecule has 1 fully saturated rings. The van der Waals surface area contributed by atoms with Gasteiger partial charge < -0.3 is 5.32 Å². The first-order chi connectivity index (χ1) is 13.7. The Labute approximate surface area is 172 Å². The highest BCUT2D eigenvalue weighted by atomic mass is 35.5. The number of carbonyl (C=O) groups is 1. The fraction of sp³-hybridized carbons (Fsp3) is 0.300. The molecule has 0 radical (unpaired) electrons. The van der Waals surface area contributed by atoms with E-state index >= 15 is 0 Å². The van der Waals surface area contributed by atoms with Crippen LogP contribution in [0.5, 0.6) is 0 Å². The van der Waals surface area contributed by atoms with Gasteiger partial charge in [-0.3, -0.25) is 14.7 Å². The van der Waals surface area contributed by atoms with Gasteiger partial charge in [-0.05, 0) is 31.5 Å². The fourth-order valence-corrected chi connectivity index (χ4v) is 4.19. The van der Waals surface area contributed by atoms with E-state index in [1.165, 1.54) is 11.3 Å². The highest BCUT2D eigenvalue weighted by Crippen LogP contribution is 2.27. The van der Waals surface area contributed by atoms with Gasteiger partial charge in [0, 0.05) is 40.8 Å². The number of amides is 1. The number of anilines is 1. The average Bonchev–Trinajstić information content (AvgIpc) is 3.21. The average molecular weight is 414 g/mol. The molecule has 6 nitrogen and oxygen atoms in total. The number of carbonyl (C=O) groups excluding carboxylic acids is 1. The molecule has 8 heteroatoms. The van der Waals surface area contributed by atoms with Crippen molar-refractivity contribution in [1.82, 2.24) is 19.9 Å². The predicted molar refractivity (Wildman–Crippen MR) is 112 cm³/mol. The molecule has 28 heavy (non-hydrogen) atoms. The topological polar surface area (TPSA) is 71.0 Å². The minimum atomic E-state index is -0.0330. The number of hydrogen-bond donors (Lipinski definition) is 1. The maximum absolute atomic E-state index is 12.3. The summed E-state index contributed by atoms with van der Waals surface area (Å²) in [7, 11) is 0. The molecule has 4 rings (SSSR count). The van der Waals surface area contributed by atoms with E-state index in [1.807, 2.05) is 35.8 Å². The molecule has 1 aliphatic heterocycles. The number of benzene rings is 1. The molecule has 3 aromatic rings. The highest BCUT2D eigenvalue weighted by molar-refractivity contribution is 7.13. The van der Waals surface area contributed by atoms with Gasteiger partial charge in [-0.1, -0.05) is 23.7 Å². The molecule has 0 saturated carbocycles. The molecule has 0 bridgehead atoms. The van der Waals surface area contributed by atoms with Gasteiger partial charge in [0.1, 0.15) is 0 Å². The zero-order valence-electron chi connectivity index (χ0n) is 15.2. The molecular weight excluding hydrogens is 394 g/mol. The van der Waals surface area contributed by atoms with E-state index in [-0.39, 0.29) is 11.8 Å². The van der Waals surface area contributed by atoms with Crippen LogP contribution in [0.3, 0.4) is 0 Å². The Morgan fingerprint density at radius 3 is 3.11 bits per heavy atom. The lowest BCUT2D eigenvalue weighted by atomic mass is 9.95. The van der Waals surface area contributed by atoms with Crippen LogP contribution in [0, 0.1) is 0 Å². The van der Waals surface area contributed by atoms with E-state index in [0.717, 1.165) is 42.9 Å². The van der Waals surface area contributed by atoms with Gasteiger partial charge in [0.05, 0.1) is 24.1 Å².